The lowest BCUT2D eigenvalue weighted by atomic mass is 10.0. The molecule has 260 valence electrons. The van der Waals surface area contributed by atoms with Gasteiger partial charge in [0.05, 0.1) is 0 Å². The van der Waals surface area contributed by atoms with Gasteiger partial charge in [-0.15, -0.1) is 0 Å². The number of esters is 1. The van der Waals surface area contributed by atoms with E-state index in [1.807, 2.05) is 0 Å². The van der Waals surface area contributed by atoms with Crippen molar-refractivity contribution in [2.75, 3.05) is 0 Å². The van der Waals surface area contributed by atoms with Gasteiger partial charge in [0.25, 0.3) is 0 Å². The number of ether oxygens (including phenoxy) is 1. The lowest BCUT2D eigenvalue weighted by Crippen LogP contribution is -2.16. The van der Waals surface area contributed by atoms with Gasteiger partial charge in [0.15, 0.2) is 0 Å². The summed E-state index contributed by atoms with van der Waals surface area (Å²) in [6, 6.07) is 0. The van der Waals surface area contributed by atoms with E-state index in [0.717, 1.165) is 51.4 Å². The van der Waals surface area contributed by atoms with Gasteiger partial charge in [-0.25, -0.2) is 0 Å². The van der Waals surface area contributed by atoms with Crippen molar-refractivity contribution in [1.29, 1.82) is 0 Å². The summed E-state index contributed by atoms with van der Waals surface area (Å²) < 4.78 is 5.85. The molecule has 0 amide bonds. The first-order chi connectivity index (χ1) is 21.6. The van der Waals surface area contributed by atoms with Gasteiger partial charge in [-0.2, -0.15) is 0 Å². The predicted molar refractivity (Wildman–Crippen MR) is 190 cm³/mol. The van der Waals surface area contributed by atoms with Gasteiger partial charge >= 0.3 is 11.9 Å². The second-order valence-electron chi connectivity index (χ2n) is 13.5. The summed E-state index contributed by atoms with van der Waals surface area (Å²) in [5.41, 5.74) is 0. The summed E-state index contributed by atoms with van der Waals surface area (Å²) in [6.07, 6.45) is 44.1. The predicted octanol–water partition coefficient (Wildman–Crippen LogP) is 13.5. The van der Waals surface area contributed by atoms with Gasteiger partial charge in [-0.05, 0) is 44.6 Å². The van der Waals surface area contributed by atoms with Gasteiger partial charge in [0, 0.05) is 12.8 Å². The molecule has 0 aromatic heterocycles. The Morgan fingerprint density at radius 1 is 0.500 bits per heavy atom. The van der Waals surface area contributed by atoms with Crippen molar-refractivity contribution >= 4 is 11.9 Å². The van der Waals surface area contributed by atoms with E-state index in [2.05, 4.69) is 26.0 Å². The number of carbonyl (C=O) groups is 2. The summed E-state index contributed by atoms with van der Waals surface area (Å²) in [7, 11) is 0. The van der Waals surface area contributed by atoms with E-state index in [0.29, 0.717) is 6.42 Å². The molecular weight excluding hydrogens is 544 g/mol. The first-order valence-corrected chi connectivity index (χ1v) is 19.7. The number of allylic oxidation sites excluding steroid dienone is 1. The molecule has 0 spiro atoms. The van der Waals surface area contributed by atoms with Crippen molar-refractivity contribution < 1.29 is 19.4 Å². The first-order valence-electron chi connectivity index (χ1n) is 19.7. The smallest absolute Gasteiger partial charge is 0.306 e. The molecule has 0 aliphatic heterocycles. The van der Waals surface area contributed by atoms with Crippen molar-refractivity contribution in [3.8, 4) is 0 Å². The third-order valence-corrected chi connectivity index (χ3v) is 8.97. The van der Waals surface area contributed by atoms with E-state index in [9.17, 15) is 9.59 Å². The molecule has 1 atom stereocenters. The van der Waals surface area contributed by atoms with Crippen molar-refractivity contribution in [3.05, 3.63) is 12.2 Å². The van der Waals surface area contributed by atoms with E-state index < -0.39 is 5.97 Å². The molecule has 0 heterocycles. The lowest BCUT2D eigenvalue weighted by Gasteiger charge is -2.15. The third kappa shape index (κ3) is 35.2. The minimum atomic E-state index is -0.719. The minimum absolute atomic E-state index is 0.0608. The number of carboxylic acids is 1. The molecule has 0 aromatic rings. The van der Waals surface area contributed by atoms with Crippen LogP contribution in [0.15, 0.2) is 12.2 Å². The zero-order valence-electron chi connectivity index (χ0n) is 29.7. The third-order valence-electron chi connectivity index (χ3n) is 8.97. The Morgan fingerprint density at radius 2 is 0.864 bits per heavy atom. The van der Waals surface area contributed by atoms with E-state index in [1.165, 1.54) is 148 Å². The molecule has 1 N–H and O–H groups in total. The summed E-state index contributed by atoms with van der Waals surface area (Å²) in [6.45, 7) is 4.52. The summed E-state index contributed by atoms with van der Waals surface area (Å²) in [4.78, 5) is 23.2. The van der Waals surface area contributed by atoms with Crippen LogP contribution >= 0.6 is 0 Å². The van der Waals surface area contributed by atoms with Crippen LogP contribution in [0.2, 0.25) is 0 Å². The molecule has 0 aromatic carbocycles. The van der Waals surface area contributed by atoms with Crippen LogP contribution in [0.1, 0.15) is 226 Å². The van der Waals surface area contributed by atoms with Crippen molar-refractivity contribution in [2.24, 2.45) is 0 Å². The maximum Gasteiger partial charge on any atom is 0.306 e. The summed E-state index contributed by atoms with van der Waals surface area (Å²) in [5.74, 6) is -0.780. The van der Waals surface area contributed by atoms with Crippen molar-refractivity contribution in [1.82, 2.24) is 0 Å². The van der Waals surface area contributed by atoms with Crippen LogP contribution in [0.4, 0.5) is 0 Å². The Balaban J connectivity index is 3.72. The number of aliphatic carboxylic acids is 1. The van der Waals surface area contributed by atoms with Crippen LogP contribution in [-0.4, -0.2) is 23.1 Å². The van der Waals surface area contributed by atoms with Crippen molar-refractivity contribution in [3.63, 3.8) is 0 Å². The summed E-state index contributed by atoms with van der Waals surface area (Å²) >= 11 is 0. The maximum atomic E-state index is 12.5. The Labute approximate surface area is 275 Å². The quantitative estimate of drug-likeness (QED) is 0.0430. The van der Waals surface area contributed by atoms with Crippen LogP contribution in [0, 0.1) is 0 Å². The fraction of sp³-hybridized carbons (Fsp3) is 0.900. The molecule has 4 nitrogen and oxygen atoms in total. The van der Waals surface area contributed by atoms with E-state index in [1.54, 1.807) is 0 Å². The van der Waals surface area contributed by atoms with Crippen molar-refractivity contribution in [2.45, 2.75) is 232 Å². The van der Waals surface area contributed by atoms with E-state index in [-0.39, 0.29) is 18.5 Å². The van der Waals surface area contributed by atoms with E-state index >= 15 is 0 Å². The molecule has 0 fully saturated rings. The Morgan fingerprint density at radius 3 is 1.30 bits per heavy atom. The molecule has 44 heavy (non-hydrogen) atoms. The highest BCUT2D eigenvalue weighted by Crippen LogP contribution is 2.17. The highest BCUT2D eigenvalue weighted by molar-refractivity contribution is 5.69. The van der Waals surface area contributed by atoms with Crippen LogP contribution < -0.4 is 0 Å². The van der Waals surface area contributed by atoms with Crippen LogP contribution in [0.25, 0.3) is 0 Å². The molecule has 0 aliphatic rings. The monoisotopic (exact) mass is 621 g/mol. The van der Waals surface area contributed by atoms with Gasteiger partial charge < -0.3 is 9.84 Å². The topological polar surface area (TPSA) is 63.6 Å². The number of unbranched alkanes of at least 4 members (excludes halogenated alkanes) is 27. The van der Waals surface area contributed by atoms with Gasteiger partial charge in [0.2, 0.25) is 0 Å². The lowest BCUT2D eigenvalue weighted by molar-refractivity contribution is -0.147. The van der Waals surface area contributed by atoms with E-state index in [4.69, 9.17) is 9.84 Å². The van der Waals surface area contributed by atoms with Crippen LogP contribution in [-0.2, 0) is 14.3 Å². The fourth-order valence-electron chi connectivity index (χ4n) is 6.04. The molecule has 0 bridgehead atoms. The SMILES string of the molecule is CCCCCC/C=C\C(CCCCCCC(=O)O)OC(=O)CCCCCCCCCCCCCCCCCCCCCCC. The van der Waals surface area contributed by atoms with Crippen LogP contribution in [0.3, 0.4) is 0 Å². The van der Waals surface area contributed by atoms with Gasteiger partial charge in [-0.1, -0.05) is 180 Å². The zero-order valence-corrected chi connectivity index (χ0v) is 29.7. The Hall–Kier alpha value is -1.32. The first kappa shape index (κ1) is 42.7. The Kier molecular flexibility index (Phi) is 35.1. The standard InChI is InChI=1S/C40H76O4/c1-3-5-7-9-11-12-13-14-15-16-17-18-19-20-21-22-23-24-25-27-33-37-40(43)44-38(34-30-26-10-8-6-4-2)35-31-28-29-32-36-39(41)42/h30,34,38H,3-29,31-33,35-37H2,1-2H3,(H,41,42)/b34-30-. The average molecular weight is 621 g/mol. The maximum absolute atomic E-state index is 12.5. The molecule has 0 radical (unpaired) electrons. The second-order valence-corrected chi connectivity index (χ2v) is 13.5. The minimum Gasteiger partial charge on any atom is -0.481 e. The summed E-state index contributed by atoms with van der Waals surface area (Å²) in [5, 5.41) is 8.80. The molecule has 1 unspecified atom stereocenters. The number of rotatable bonds is 36. The molecule has 0 rings (SSSR count). The molecule has 0 aliphatic carbocycles. The van der Waals surface area contributed by atoms with Gasteiger partial charge in [0.1, 0.15) is 6.10 Å². The fourth-order valence-corrected chi connectivity index (χ4v) is 6.04. The number of carboxylic acid groups (broad SMARTS) is 1. The highest BCUT2D eigenvalue weighted by Gasteiger charge is 2.11. The number of hydrogen-bond donors (Lipinski definition) is 1. The molecule has 0 saturated carbocycles. The normalized spacial score (nSPS) is 12.2. The molecule has 4 heteroatoms. The second kappa shape index (κ2) is 36.2. The Bertz CT molecular complexity index is 629. The van der Waals surface area contributed by atoms with Gasteiger partial charge in [-0.3, -0.25) is 9.59 Å². The number of carbonyl (C=O) groups excluding carboxylic acids is 1. The largest absolute Gasteiger partial charge is 0.481 e. The average Bonchev–Trinajstić information content (AvgIpc) is 3.01. The number of hydrogen-bond acceptors (Lipinski definition) is 3. The highest BCUT2D eigenvalue weighted by atomic mass is 16.5. The molecule has 0 saturated heterocycles. The molecular formula is C40H76O4. The van der Waals surface area contributed by atoms with Crippen LogP contribution in [0.5, 0.6) is 0 Å². The zero-order chi connectivity index (χ0) is 32.2.